The van der Waals surface area contributed by atoms with Crippen molar-refractivity contribution in [2.24, 2.45) is 5.41 Å². The highest BCUT2D eigenvalue weighted by molar-refractivity contribution is 6.31. The van der Waals surface area contributed by atoms with Crippen molar-refractivity contribution < 1.29 is 14.7 Å². The summed E-state index contributed by atoms with van der Waals surface area (Å²) >= 11 is 6.07. The zero-order chi connectivity index (χ0) is 15.7. The van der Waals surface area contributed by atoms with Crippen molar-refractivity contribution in [1.82, 2.24) is 4.90 Å². The van der Waals surface area contributed by atoms with E-state index in [0.29, 0.717) is 17.0 Å². The standard InChI is InChI=1S/C17H20ClNO3/c18-13-7-3-2-6-12(13)14(20)11-19-15(21)10-17(16(19)22)8-4-1-5-9-17/h2-3,6-7,14,20H,1,4-5,8-11H2. The number of imide groups is 1. The molecule has 0 bridgehead atoms. The second-order valence-corrected chi connectivity index (χ2v) is 6.77. The molecule has 1 N–H and O–H groups in total. The Morgan fingerprint density at radius 3 is 2.55 bits per heavy atom. The van der Waals surface area contributed by atoms with Crippen LogP contribution < -0.4 is 0 Å². The molecule has 1 aliphatic heterocycles. The molecule has 118 valence electrons. The zero-order valence-corrected chi connectivity index (χ0v) is 13.2. The molecular formula is C17H20ClNO3. The molecule has 1 saturated carbocycles. The van der Waals surface area contributed by atoms with Crippen LogP contribution in [0.2, 0.25) is 5.02 Å². The van der Waals surface area contributed by atoms with E-state index in [0.717, 1.165) is 32.1 Å². The maximum atomic E-state index is 12.7. The molecule has 3 rings (SSSR count). The Labute approximate surface area is 135 Å². The van der Waals surface area contributed by atoms with Gasteiger partial charge in [0.25, 0.3) is 0 Å². The molecule has 1 aliphatic carbocycles. The van der Waals surface area contributed by atoms with Crippen molar-refractivity contribution in [3.8, 4) is 0 Å². The largest absolute Gasteiger partial charge is 0.386 e. The average molecular weight is 322 g/mol. The van der Waals surface area contributed by atoms with Crippen molar-refractivity contribution in [2.45, 2.75) is 44.6 Å². The van der Waals surface area contributed by atoms with Gasteiger partial charge in [0.15, 0.2) is 0 Å². The molecule has 2 aliphatic rings. The Morgan fingerprint density at radius 2 is 1.86 bits per heavy atom. The molecule has 1 heterocycles. The van der Waals surface area contributed by atoms with Gasteiger partial charge in [0.2, 0.25) is 11.8 Å². The van der Waals surface area contributed by atoms with Gasteiger partial charge in [-0.3, -0.25) is 14.5 Å². The van der Waals surface area contributed by atoms with Gasteiger partial charge in [0, 0.05) is 17.0 Å². The first-order chi connectivity index (χ1) is 10.5. The predicted molar refractivity (Wildman–Crippen MR) is 83.3 cm³/mol. The van der Waals surface area contributed by atoms with E-state index in [1.807, 2.05) is 0 Å². The summed E-state index contributed by atoms with van der Waals surface area (Å²) in [5.74, 6) is -0.277. The van der Waals surface area contributed by atoms with Crippen LogP contribution in [-0.2, 0) is 9.59 Å². The molecular weight excluding hydrogens is 302 g/mol. The van der Waals surface area contributed by atoms with Crippen molar-refractivity contribution in [1.29, 1.82) is 0 Å². The molecule has 2 amide bonds. The van der Waals surface area contributed by atoms with Gasteiger partial charge < -0.3 is 5.11 Å². The summed E-state index contributed by atoms with van der Waals surface area (Å²) in [5.41, 5.74) is 0.0459. The van der Waals surface area contributed by atoms with Gasteiger partial charge in [-0.25, -0.2) is 0 Å². The van der Waals surface area contributed by atoms with E-state index >= 15 is 0 Å². The van der Waals surface area contributed by atoms with Gasteiger partial charge in [-0.2, -0.15) is 0 Å². The third-order valence-electron chi connectivity index (χ3n) is 4.92. The van der Waals surface area contributed by atoms with Gasteiger partial charge >= 0.3 is 0 Å². The summed E-state index contributed by atoms with van der Waals surface area (Å²) in [6.45, 7) is -0.0108. The number of halogens is 1. The van der Waals surface area contributed by atoms with Crippen LogP contribution in [0.4, 0.5) is 0 Å². The monoisotopic (exact) mass is 321 g/mol. The third kappa shape index (κ3) is 2.66. The van der Waals surface area contributed by atoms with Crippen molar-refractivity contribution in [3.63, 3.8) is 0 Å². The Bertz CT molecular complexity index is 595. The first kappa shape index (κ1) is 15.5. The molecule has 5 heteroatoms. The summed E-state index contributed by atoms with van der Waals surface area (Å²) in [5, 5.41) is 10.8. The Balaban J connectivity index is 1.76. The molecule has 2 fully saturated rings. The third-order valence-corrected chi connectivity index (χ3v) is 5.26. The van der Waals surface area contributed by atoms with Gasteiger partial charge in [-0.15, -0.1) is 0 Å². The van der Waals surface area contributed by atoms with Crippen molar-refractivity contribution >= 4 is 23.4 Å². The summed E-state index contributed by atoms with van der Waals surface area (Å²) < 4.78 is 0. The van der Waals surface area contributed by atoms with Crippen molar-refractivity contribution in [2.75, 3.05) is 6.54 Å². The van der Waals surface area contributed by atoms with Crippen LogP contribution in [0.1, 0.15) is 50.2 Å². The van der Waals surface area contributed by atoms with E-state index in [9.17, 15) is 14.7 Å². The number of aliphatic hydroxyl groups excluding tert-OH is 1. The Hall–Kier alpha value is -1.39. The van der Waals surface area contributed by atoms with E-state index in [1.54, 1.807) is 24.3 Å². The van der Waals surface area contributed by atoms with Crippen molar-refractivity contribution in [3.05, 3.63) is 34.9 Å². The molecule has 4 nitrogen and oxygen atoms in total. The van der Waals surface area contributed by atoms with Crippen LogP contribution in [0.3, 0.4) is 0 Å². The smallest absolute Gasteiger partial charge is 0.236 e. The number of benzene rings is 1. The van der Waals surface area contributed by atoms with Crippen LogP contribution in [0.25, 0.3) is 0 Å². The van der Waals surface area contributed by atoms with Crippen LogP contribution in [0.5, 0.6) is 0 Å². The van der Waals surface area contributed by atoms with Crippen LogP contribution in [-0.4, -0.2) is 28.4 Å². The highest BCUT2D eigenvalue weighted by atomic mass is 35.5. The number of nitrogens with zero attached hydrogens (tertiary/aromatic N) is 1. The SMILES string of the molecule is O=C1CC2(CCCCC2)C(=O)N1CC(O)c1ccccc1Cl. The molecule has 0 radical (unpaired) electrons. The molecule has 0 aromatic heterocycles. The van der Waals surface area contributed by atoms with Crippen LogP contribution in [0, 0.1) is 5.41 Å². The number of aliphatic hydroxyl groups is 1. The number of hydrogen-bond donors (Lipinski definition) is 1. The lowest BCUT2D eigenvalue weighted by molar-refractivity contribution is -0.143. The quantitative estimate of drug-likeness (QED) is 0.870. The maximum absolute atomic E-state index is 12.7. The van der Waals surface area contributed by atoms with E-state index in [-0.39, 0.29) is 18.4 Å². The fourth-order valence-electron chi connectivity index (χ4n) is 3.68. The number of hydrogen-bond acceptors (Lipinski definition) is 3. The molecule has 1 aromatic carbocycles. The lowest BCUT2D eigenvalue weighted by atomic mass is 9.73. The van der Waals surface area contributed by atoms with Crippen LogP contribution >= 0.6 is 11.6 Å². The second kappa shape index (κ2) is 6.01. The molecule has 22 heavy (non-hydrogen) atoms. The first-order valence-electron chi connectivity index (χ1n) is 7.81. The minimum absolute atomic E-state index is 0.0108. The predicted octanol–water partition coefficient (Wildman–Crippen LogP) is 3.08. The highest BCUT2D eigenvalue weighted by Crippen LogP contribution is 2.45. The van der Waals surface area contributed by atoms with Crippen LogP contribution in [0.15, 0.2) is 24.3 Å². The molecule has 1 aromatic rings. The Kier molecular flexibility index (Phi) is 4.24. The first-order valence-corrected chi connectivity index (χ1v) is 8.19. The lowest BCUT2D eigenvalue weighted by Crippen LogP contribution is -2.39. The number of amides is 2. The topological polar surface area (TPSA) is 57.6 Å². The van der Waals surface area contributed by atoms with Gasteiger partial charge in [0.05, 0.1) is 18.1 Å². The highest BCUT2D eigenvalue weighted by Gasteiger charge is 2.51. The maximum Gasteiger partial charge on any atom is 0.236 e. The number of likely N-dealkylation sites (tertiary alicyclic amines) is 1. The molecule has 1 atom stereocenters. The Morgan fingerprint density at radius 1 is 1.18 bits per heavy atom. The van der Waals surface area contributed by atoms with E-state index in [1.165, 1.54) is 4.90 Å². The molecule has 1 spiro atoms. The average Bonchev–Trinajstić information content (AvgIpc) is 2.73. The summed E-state index contributed by atoms with van der Waals surface area (Å²) in [4.78, 5) is 26.2. The number of carbonyl (C=O) groups is 2. The lowest BCUT2D eigenvalue weighted by Gasteiger charge is -2.31. The number of β-amino-alcohol motifs (C(OH)–C–C–N with tert-alkyl or cyclic N) is 1. The van der Waals surface area contributed by atoms with Gasteiger partial charge in [-0.05, 0) is 18.9 Å². The molecule has 1 saturated heterocycles. The van der Waals surface area contributed by atoms with Gasteiger partial charge in [0.1, 0.15) is 0 Å². The summed E-state index contributed by atoms with van der Waals surface area (Å²) in [7, 11) is 0. The normalized spacial score (nSPS) is 22.4. The molecule has 1 unspecified atom stereocenters. The van der Waals surface area contributed by atoms with E-state index < -0.39 is 11.5 Å². The zero-order valence-electron chi connectivity index (χ0n) is 12.4. The minimum Gasteiger partial charge on any atom is -0.386 e. The summed E-state index contributed by atoms with van der Waals surface area (Å²) in [6, 6.07) is 6.97. The number of carbonyl (C=O) groups excluding carboxylic acids is 2. The van der Waals surface area contributed by atoms with E-state index in [2.05, 4.69) is 0 Å². The van der Waals surface area contributed by atoms with Gasteiger partial charge in [-0.1, -0.05) is 49.1 Å². The number of rotatable bonds is 3. The fraction of sp³-hybridized carbons (Fsp3) is 0.529. The second-order valence-electron chi connectivity index (χ2n) is 6.36. The minimum atomic E-state index is -0.944. The fourth-order valence-corrected chi connectivity index (χ4v) is 3.94. The van der Waals surface area contributed by atoms with E-state index in [4.69, 9.17) is 11.6 Å². The summed E-state index contributed by atoms with van der Waals surface area (Å²) in [6.07, 6.45) is 4.05.